The topological polar surface area (TPSA) is 63.1 Å². The first kappa shape index (κ1) is 19.4. The van der Waals surface area contributed by atoms with E-state index in [9.17, 15) is 10.1 Å². The van der Waals surface area contributed by atoms with Crippen molar-refractivity contribution >= 4 is 10.8 Å². The van der Waals surface area contributed by atoms with Crippen LogP contribution in [0.1, 0.15) is 17.5 Å². The summed E-state index contributed by atoms with van der Waals surface area (Å²) in [6, 6.07) is 17.7. The van der Waals surface area contributed by atoms with Gasteiger partial charge in [-0.2, -0.15) is 5.26 Å². The smallest absolute Gasteiger partial charge is 0.256 e. The van der Waals surface area contributed by atoms with Crippen molar-refractivity contribution in [3.8, 4) is 17.3 Å². The summed E-state index contributed by atoms with van der Waals surface area (Å²) in [5.74, 6) is 0.751. The minimum absolute atomic E-state index is 0.164. The molecule has 0 bridgehead atoms. The second kappa shape index (κ2) is 8.20. The molecule has 0 aliphatic carbocycles. The molecule has 3 aromatic rings. The van der Waals surface area contributed by atoms with Gasteiger partial charge in [-0.1, -0.05) is 30.3 Å². The van der Waals surface area contributed by atoms with Gasteiger partial charge in [-0.15, -0.1) is 0 Å². The Hall–Kier alpha value is -2.94. The summed E-state index contributed by atoms with van der Waals surface area (Å²) in [6.45, 7) is 4.40. The van der Waals surface area contributed by atoms with Crippen LogP contribution in [0.4, 0.5) is 0 Å². The highest BCUT2D eigenvalue weighted by Crippen LogP contribution is 2.24. The number of benzene rings is 2. The Morgan fingerprint density at radius 2 is 1.97 bits per heavy atom. The first-order chi connectivity index (χ1) is 14.0. The first-order valence-corrected chi connectivity index (χ1v) is 10.1. The molecule has 5 nitrogen and oxygen atoms in total. The van der Waals surface area contributed by atoms with Gasteiger partial charge in [0.2, 0.25) is 0 Å². The molecule has 1 unspecified atom stereocenters. The molecule has 1 N–H and O–H groups in total. The van der Waals surface area contributed by atoms with Crippen LogP contribution in [-0.4, -0.2) is 48.5 Å². The Bertz CT molecular complexity index is 1110. The average Bonchev–Trinajstić information content (AvgIpc) is 3.14. The fourth-order valence-corrected chi connectivity index (χ4v) is 4.31. The molecule has 4 rings (SSSR count). The Morgan fingerprint density at radius 1 is 1.17 bits per heavy atom. The van der Waals surface area contributed by atoms with Gasteiger partial charge in [0.15, 0.2) is 0 Å². The second-order valence-electron chi connectivity index (χ2n) is 8.24. The van der Waals surface area contributed by atoms with Crippen LogP contribution < -0.4 is 5.56 Å². The van der Waals surface area contributed by atoms with Crippen LogP contribution in [0.3, 0.4) is 0 Å². The summed E-state index contributed by atoms with van der Waals surface area (Å²) >= 11 is 0. The van der Waals surface area contributed by atoms with E-state index in [0.717, 1.165) is 43.4 Å². The SMILES string of the molecule is CN(C)CC1CCN(Cc2ccc(-c3cc4c(C#N)cccc4c(=O)[nH]3)cc2)C1. The normalized spacial score (nSPS) is 17.1. The predicted molar refractivity (Wildman–Crippen MR) is 117 cm³/mol. The van der Waals surface area contributed by atoms with E-state index >= 15 is 0 Å². The lowest BCUT2D eigenvalue weighted by Crippen LogP contribution is -2.25. The van der Waals surface area contributed by atoms with Crippen molar-refractivity contribution in [1.82, 2.24) is 14.8 Å². The largest absolute Gasteiger partial charge is 0.321 e. The number of aromatic amines is 1. The minimum atomic E-state index is -0.164. The van der Waals surface area contributed by atoms with E-state index < -0.39 is 0 Å². The van der Waals surface area contributed by atoms with Crippen LogP contribution in [0, 0.1) is 17.2 Å². The molecule has 0 saturated carbocycles. The number of nitriles is 1. The quantitative estimate of drug-likeness (QED) is 0.730. The number of pyridine rings is 1. The summed E-state index contributed by atoms with van der Waals surface area (Å²) in [6.07, 6.45) is 1.26. The van der Waals surface area contributed by atoms with Gasteiger partial charge >= 0.3 is 0 Å². The number of rotatable bonds is 5. The first-order valence-electron chi connectivity index (χ1n) is 10.1. The van der Waals surface area contributed by atoms with E-state index in [-0.39, 0.29) is 5.56 Å². The van der Waals surface area contributed by atoms with Crippen molar-refractivity contribution < 1.29 is 0 Å². The molecular weight excluding hydrogens is 360 g/mol. The van der Waals surface area contributed by atoms with Crippen LogP contribution in [0.15, 0.2) is 53.3 Å². The molecule has 0 amide bonds. The molecule has 1 aliphatic rings. The number of nitrogens with one attached hydrogen (secondary N) is 1. The zero-order valence-electron chi connectivity index (χ0n) is 17.0. The fraction of sp³-hybridized carbons (Fsp3) is 0.333. The van der Waals surface area contributed by atoms with Crippen LogP contribution in [0.2, 0.25) is 0 Å². The highest BCUT2D eigenvalue weighted by atomic mass is 16.1. The van der Waals surface area contributed by atoms with Gasteiger partial charge in [0.05, 0.1) is 11.6 Å². The van der Waals surface area contributed by atoms with Crippen molar-refractivity contribution in [3.63, 3.8) is 0 Å². The number of fused-ring (bicyclic) bond motifs is 1. The van der Waals surface area contributed by atoms with Gasteiger partial charge in [-0.25, -0.2) is 0 Å². The molecule has 2 aromatic carbocycles. The van der Waals surface area contributed by atoms with Crippen molar-refractivity contribution in [1.29, 1.82) is 5.26 Å². The van der Waals surface area contributed by atoms with Gasteiger partial charge in [0, 0.05) is 36.1 Å². The number of aromatic nitrogens is 1. The number of hydrogen-bond donors (Lipinski definition) is 1. The summed E-state index contributed by atoms with van der Waals surface area (Å²) in [5.41, 5.74) is 3.33. The Labute approximate surface area is 171 Å². The predicted octanol–water partition coefficient (Wildman–Crippen LogP) is 3.45. The molecule has 2 heterocycles. The number of hydrogen-bond acceptors (Lipinski definition) is 4. The Morgan fingerprint density at radius 3 is 2.69 bits per heavy atom. The Kier molecular flexibility index (Phi) is 5.48. The third-order valence-corrected chi connectivity index (χ3v) is 5.67. The standard InChI is InChI=1S/C24H26N4O/c1-27(2)14-18-10-11-28(16-18)15-17-6-8-19(9-7-17)23-12-22-20(13-25)4-3-5-21(22)24(29)26-23/h3-9,12,18H,10-11,14-16H2,1-2H3,(H,26,29). The van der Waals surface area contributed by atoms with Crippen molar-refractivity contribution in [2.45, 2.75) is 13.0 Å². The maximum atomic E-state index is 12.5. The van der Waals surface area contributed by atoms with Gasteiger partial charge in [-0.05, 0) is 62.3 Å². The highest BCUT2D eigenvalue weighted by Gasteiger charge is 2.22. The number of nitrogens with zero attached hydrogens (tertiary/aromatic N) is 3. The lowest BCUT2D eigenvalue weighted by atomic mass is 10.0. The summed E-state index contributed by atoms with van der Waals surface area (Å²) in [7, 11) is 4.27. The van der Waals surface area contributed by atoms with Gasteiger partial charge in [-0.3, -0.25) is 9.69 Å². The molecule has 1 aliphatic heterocycles. The van der Waals surface area contributed by atoms with Crippen LogP contribution in [-0.2, 0) is 6.54 Å². The van der Waals surface area contributed by atoms with Crippen molar-refractivity contribution in [3.05, 3.63) is 70.0 Å². The van der Waals surface area contributed by atoms with E-state index in [0.29, 0.717) is 16.3 Å². The summed E-state index contributed by atoms with van der Waals surface area (Å²) in [4.78, 5) is 20.2. The van der Waals surface area contributed by atoms with E-state index in [1.54, 1.807) is 18.2 Å². The molecule has 5 heteroatoms. The van der Waals surface area contributed by atoms with E-state index in [4.69, 9.17) is 0 Å². The van der Waals surface area contributed by atoms with Gasteiger partial charge in [0.25, 0.3) is 5.56 Å². The molecule has 148 valence electrons. The van der Waals surface area contributed by atoms with Crippen molar-refractivity contribution in [2.24, 2.45) is 5.92 Å². The molecule has 29 heavy (non-hydrogen) atoms. The fourth-order valence-electron chi connectivity index (χ4n) is 4.31. The van der Waals surface area contributed by atoms with Crippen LogP contribution >= 0.6 is 0 Å². The number of likely N-dealkylation sites (tertiary alicyclic amines) is 1. The third-order valence-electron chi connectivity index (χ3n) is 5.67. The van der Waals surface area contributed by atoms with E-state index in [1.807, 2.05) is 6.07 Å². The monoisotopic (exact) mass is 386 g/mol. The highest BCUT2D eigenvalue weighted by molar-refractivity contribution is 5.89. The zero-order chi connectivity index (χ0) is 20.4. The van der Waals surface area contributed by atoms with Crippen LogP contribution in [0.5, 0.6) is 0 Å². The molecule has 1 fully saturated rings. The zero-order valence-corrected chi connectivity index (χ0v) is 17.0. The molecule has 1 saturated heterocycles. The maximum absolute atomic E-state index is 12.5. The minimum Gasteiger partial charge on any atom is -0.321 e. The van der Waals surface area contributed by atoms with Crippen LogP contribution in [0.25, 0.3) is 22.0 Å². The lowest BCUT2D eigenvalue weighted by molar-refractivity contribution is 0.286. The van der Waals surface area contributed by atoms with Gasteiger partial charge in [0.1, 0.15) is 0 Å². The number of H-pyrrole nitrogens is 1. The summed E-state index contributed by atoms with van der Waals surface area (Å²) in [5, 5.41) is 10.6. The lowest BCUT2D eigenvalue weighted by Gasteiger charge is -2.18. The summed E-state index contributed by atoms with van der Waals surface area (Å²) < 4.78 is 0. The molecule has 1 atom stereocenters. The maximum Gasteiger partial charge on any atom is 0.256 e. The van der Waals surface area contributed by atoms with E-state index in [2.05, 4.69) is 59.2 Å². The Balaban J connectivity index is 1.53. The second-order valence-corrected chi connectivity index (χ2v) is 8.24. The van der Waals surface area contributed by atoms with Gasteiger partial charge < -0.3 is 9.88 Å². The van der Waals surface area contributed by atoms with E-state index in [1.165, 1.54) is 12.0 Å². The average molecular weight is 386 g/mol. The molecule has 0 spiro atoms. The molecule has 1 aromatic heterocycles. The molecule has 0 radical (unpaired) electrons. The third kappa shape index (κ3) is 4.24. The molecular formula is C24H26N4O. The van der Waals surface area contributed by atoms with Crippen molar-refractivity contribution in [2.75, 3.05) is 33.7 Å².